The topological polar surface area (TPSA) is 71.8 Å². The molecule has 0 aliphatic heterocycles. The number of imidazole rings is 1. The summed E-state index contributed by atoms with van der Waals surface area (Å²) in [5, 5.41) is 13.8. The van der Waals surface area contributed by atoms with Gasteiger partial charge in [0, 0.05) is 45.1 Å². The van der Waals surface area contributed by atoms with Gasteiger partial charge in [0.15, 0.2) is 11.5 Å². The van der Waals surface area contributed by atoms with Gasteiger partial charge in [0.25, 0.3) is 0 Å². The average molecular weight is 425 g/mol. The maximum atomic E-state index is 10.4. The van der Waals surface area contributed by atoms with Crippen LogP contribution in [-0.4, -0.2) is 59.5 Å². The van der Waals surface area contributed by atoms with Crippen LogP contribution < -0.4 is 14.8 Å². The predicted octanol–water partition coefficient (Wildman–Crippen LogP) is 2.55. The van der Waals surface area contributed by atoms with Crippen molar-refractivity contribution in [3.05, 3.63) is 78.4 Å². The van der Waals surface area contributed by atoms with Gasteiger partial charge >= 0.3 is 0 Å². The number of likely N-dealkylation sites (N-methyl/N-ethyl adjacent to an activating group) is 1. The maximum Gasteiger partial charge on any atom is 0.161 e. The van der Waals surface area contributed by atoms with E-state index in [9.17, 15) is 5.11 Å². The molecular weight excluding hydrogens is 392 g/mol. The summed E-state index contributed by atoms with van der Waals surface area (Å²) in [6, 6.07) is 16.1. The Morgan fingerprint density at radius 2 is 1.97 bits per heavy atom. The highest BCUT2D eigenvalue weighted by atomic mass is 16.5. The summed E-state index contributed by atoms with van der Waals surface area (Å²) in [5.41, 5.74) is 2.31. The molecule has 1 atom stereocenters. The second-order valence-electron chi connectivity index (χ2n) is 7.61. The third-order valence-electron chi connectivity index (χ3n) is 4.91. The molecule has 0 aliphatic rings. The third kappa shape index (κ3) is 7.71. The van der Waals surface area contributed by atoms with Gasteiger partial charge in [0.1, 0.15) is 12.7 Å². The zero-order valence-corrected chi connectivity index (χ0v) is 18.3. The lowest BCUT2D eigenvalue weighted by Gasteiger charge is -2.21. The van der Waals surface area contributed by atoms with Gasteiger partial charge in [0.05, 0.1) is 13.4 Å². The minimum Gasteiger partial charge on any atom is -0.493 e. The summed E-state index contributed by atoms with van der Waals surface area (Å²) in [5.74, 6) is 1.30. The minimum atomic E-state index is -0.602. The molecule has 3 aromatic rings. The Hall–Kier alpha value is -2.87. The molecule has 0 amide bonds. The van der Waals surface area contributed by atoms with Crippen molar-refractivity contribution >= 4 is 0 Å². The molecule has 1 heterocycles. The second-order valence-corrected chi connectivity index (χ2v) is 7.61. The SMILES string of the molecule is COc1ccc(CNCCn2ccnc2)cc1OC[C@H](O)CN(C)Cc1ccccc1. The van der Waals surface area contributed by atoms with Crippen molar-refractivity contribution in [2.24, 2.45) is 0 Å². The molecule has 0 radical (unpaired) electrons. The number of nitrogens with zero attached hydrogens (tertiary/aromatic N) is 3. The number of aliphatic hydroxyl groups is 1. The number of rotatable bonds is 13. The number of nitrogens with one attached hydrogen (secondary N) is 1. The van der Waals surface area contributed by atoms with Gasteiger partial charge in [-0.3, -0.25) is 4.90 Å². The predicted molar refractivity (Wildman–Crippen MR) is 121 cm³/mol. The van der Waals surface area contributed by atoms with Crippen molar-refractivity contribution in [2.75, 3.05) is 33.9 Å². The van der Waals surface area contributed by atoms with Crippen LogP contribution in [0.25, 0.3) is 0 Å². The van der Waals surface area contributed by atoms with Crippen LogP contribution in [-0.2, 0) is 19.6 Å². The fourth-order valence-electron chi connectivity index (χ4n) is 3.36. The molecule has 2 aromatic carbocycles. The summed E-state index contributed by atoms with van der Waals surface area (Å²) < 4.78 is 13.4. The van der Waals surface area contributed by atoms with E-state index in [1.54, 1.807) is 13.3 Å². The Morgan fingerprint density at radius 3 is 2.71 bits per heavy atom. The monoisotopic (exact) mass is 424 g/mol. The van der Waals surface area contributed by atoms with E-state index in [1.807, 2.05) is 60.5 Å². The fraction of sp³-hybridized carbons (Fsp3) is 0.375. The molecule has 0 unspecified atom stereocenters. The van der Waals surface area contributed by atoms with Gasteiger partial charge < -0.3 is 24.5 Å². The molecular formula is C24H32N4O3. The zero-order valence-electron chi connectivity index (χ0n) is 18.3. The van der Waals surface area contributed by atoms with Crippen LogP contribution in [0.5, 0.6) is 11.5 Å². The van der Waals surface area contributed by atoms with Crippen molar-refractivity contribution in [3.8, 4) is 11.5 Å². The van der Waals surface area contributed by atoms with Crippen molar-refractivity contribution in [2.45, 2.75) is 25.7 Å². The van der Waals surface area contributed by atoms with E-state index >= 15 is 0 Å². The molecule has 0 fully saturated rings. The van der Waals surface area contributed by atoms with Crippen molar-refractivity contribution in [1.29, 1.82) is 0 Å². The van der Waals surface area contributed by atoms with Crippen LogP contribution in [0, 0.1) is 0 Å². The number of benzene rings is 2. The van der Waals surface area contributed by atoms with Gasteiger partial charge in [-0.2, -0.15) is 0 Å². The highest BCUT2D eigenvalue weighted by molar-refractivity contribution is 5.43. The van der Waals surface area contributed by atoms with Gasteiger partial charge in [-0.05, 0) is 30.3 Å². The van der Waals surface area contributed by atoms with Crippen molar-refractivity contribution in [3.63, 3.8) is 0 Å². The number of aliphatic hydroxyl groups excluding tert-OH is 1. The Kier molecular flexibility index (Phi) is 8.90. The molecule has 3 rings (SSSR count). The van der Waals surface area contributed by atoms with E-state index in [2.05, 4.69) is 27.3 Å². The first kappa shape index (κ1) is 22.8. The molecule has 2 N–H and O–H groups in total. The van der Waals surface area contributed by atoms with Crippen LogP contribution in [0.2, 0.25) is 0 Å². The second kappa shape index (κ2) is 12.1. The summed E-state index contributed by atoms with van der Waals surface area (Å²) >= 11 is 0. The Labute approximate surface area is 184 Å². The number of ether oxygens (including phenoxy) is 2. The first-order valence-electron chi connectivity index (χ1n) is 10.5. The lowest BCUT2D eigenvalue weighted by molar-refractivity contribution is 0.0732. The molecule has 31 heavy (non-hydrogen) atoms. The summed E-state index contributed by atoms with van der Waals surface area (Å²) in [6.07, 6.45) is 4.93. The third-order valence-corrected chi connectivity index (χ3v) is 4.91. The summed E-state index contributed by atoms with van der Waals surface area (Å²) in [4.78, 5) is 6.13. The Balaban J connectivity index is 1.45. The van der Waals surface area contributed by atoms with E-state index in [4.69, 9.17) is 9.47 Å². The highest BCUT2D eigenvalue weighted by Gasteiger charge is 2.12. The fourth-order valence-corrected chi connectivity index (χ4v) is 3.36. The van der Waals surface area contributed by atoms with E-state index in [1.165, 1.54) is 5.56 Å². The quantitative estimate of drug-likeness (QED) is 0.411. The normalized spacial score (nSPS) is 12.1. The molecule has 1 aromatic heterocycles. The standard InChI is InChI=1S/C24H32N4O3/c1-27(16-20-6-4-3-5-7-20)17-22(29)18-31-24-14-21(8-9-23(24)30-2)15-25-10-12-28-13-11-26-19-28/h3-9,11,13-14,19,22,25,29H,10,12,15-18H2,1-2H3/t22-/m1/s1. The van der Waals surface area contributed by atoms with E-state index in [-0.39, 0.29) is 6.61 Å². The Bertz CT molecular complexity index is 887. The van der Waals surface area contributed by atoms with Crippen LogP contribution in [0.3, 0.4) is 0 Å². The Morgan fingerprint density at radius 1 is 1.13 bits per heavy atom. The van der Waals surface area contributed by atoms with Crippen LogP contribution in [0.15, 0.2) is 67.3 Å². The highest BCUT2D eigenvalue weighted by Crippen LogP contribution is 2.28. The number of hydrogen-bond donors (Lipinski definition) is 2. The smallest absolute Gasteiger partial charge is 0.161 e. The van der Waals surface area contributed by atoms with Crippen LogP contribution in [0.4, 0.5) is 0 Å². The molecule has 7 nitrogen and oxygen atoms in total. The molecule has 0 saturated heterocycles. The minimum absolute atomic E-state index is 0.201. The average Bonchev–Trinajstić information content (AvgIpc) is 3.29. The number of aromatic nitrogens is 2. The maximum absolute atomic E-state index is 10.4. The van der Waals surface area contributed by atoms with Crippen molar-refractivity contribution < 1.29 is 14.6 Å². The molecule has 0 bridgehead atoms. The van der Waals surface area contributed by atoms with Gasteiger partial charge in [-0.15, -0.1) is 0 Å². The first-order chi connectivity index (χ1) is 15.1. The molecule has 166 valence electrons. The van der Waals surface area contributed by atoms with Gasteiger partial charge in [-0.25, -0.2) is 4.98 Å². The molecule has 0 aliphatic carbocycles. The van der Waals surface area contributed by atoms with Crippen LogP contribution in [0.1, 0.15) is 11.1 Å². The van der Waals surface area contributed by atoms with Gasteiger partial charge in [0.2, 0.25) is 0 Å². The molecule has 0 spiro atoms. The van der Waals surface area contributed by atoms with Crippen molar-refractivity contribution in [1.82, 2.24) is 19.8 Å². The molecule has 0 saturated carbocycles. The van der Waals surface area contributed by atoms with E-state index < -0.39 is 6.10 Å². The number of hydrogen-bond acceptors (Lipinski definition) is 6. The summed E-state index contributed by atoms with van der Waals surface area (Å²) in [6.45, 7) is 3.92. The first-order valence-corrected chi connectivity index (χ1v) is 10.5. The largest absolute Gasteiger partial charge is 0.493 e. The van der Waals surface area contributed by atoms with Gasteiger partial charge in [-0.1, -0.05) is 36.4 Å². The van der Waals surface area contributed by atoms with Crippen LogP contribution >= 0.6 is 0 Å². The summed E-state index contributed by atoms with van der Waals surface area (Å²) in [7, 11) is 3.61. The lowest BCUT2D eigenvalue weighted by Crippen LogP contribution is -2.32. The number of methoxy groups -OCH3 is 1. The van der Waals surface area contributed by atoms with E-state index in [0.717, 1.165) is 31.7 Å². The van der Waals surface area contributed by atoms with E-state index in [0.29, 0.717) is 18.0 Å². The lowest BCUT2D eigenvalue weighted by atomic mass is 10.2. The zero-order chi connectivity index (χ0) is 21.9. The molecule has 7 heteroatoms.